The van der Waals surface area contributed by atoms with E-state index in [4.69, 9.17) is 9.47 Å². The van der Waals surface area contributed by atoms with Crippen LogP contribution in [0.5, 0.6) is 11.5 Å². The zero-order valence-electron chi connectivity index (χ0n) is 12.8. The van der Waals surface area contributed by atoms with Crippen LogP contribution in [0.3, 0.4) is 0 Å². The van der Waals surface area contributed by atoms with Crippen LogP contribution in [0, 0.1) is 5.41 Å². The Labute approximate surface area is 125 Å². The van der Waals surface area contributed by atoms with Gasteiger partial charge in [-0.1, -0.05) is 26.8 Å². The van der Waals surface area contributed by atoms with Crippen LogP contribution < -0.4 is 14.8 Å². The van der Waals surface area contributed by atoms with Crippen LogP contribution in [0.1, 0.15) is 38.9 Å². The first-order valence-electron chi connectivity index (χ1n) is 7.19. The maximum absolute atomic E-state index is 11.8. The summed E-state index contributed by atoms with van der Waals surface area (Å²) in [6.07, 6.45) is -0.328. The molecule has 1 aliphatic rings. The number of carbonyl (C=O) groups excluding carboxylic acids is 1. The van der Waals surface area contributed by atoms with Gasteiger partial charge in [-0.25, -0.2) is 0 Å². The molecule has 1 unspecified atom stereocenters. The first-order valence-corrected chi connectivity index (χ1v) is 7.19. The molecule has 0 radical (unpaired) electrons. The highest BCUT2D eigenvalue weighted by atomic mass is 16.6. The van der Waals surface area contributed by atoms with Crippen LogP contribution in [0.2, 0.25) is 0 Å². The van der Waals surface area contributed by atoms with Gasteiger partial charge in [-0.2, -0.15) is 0 Å². The van der Waals surface area contributed by atoms with Crippen molar-refractivity contribution >= 4 is 5.91 Å². The Bertz CT molecular complexity index is 507. The molecule has 1 aromatic carbocycles. The van der Waals surface area contributed by atoms with Crippen LogP contribution in [-0.4, -0.2) is 30.8 Å². The summed E-state index contributed by atoms with van der Waals surface area (Å²) in [6, 6.07) is 5.33. The van der Waals surface area contributed by atoms with Gasteiger partial charge in [0.25, 0.3) is 0 Å². The van der Waals surface area contributed by atoms with Crippen molar-refractivity contribution in [3.8, 4) is 11.5 Å². The van der Waals surface area contributed by atoms with Crippen LogP contribution in [0.15, 0.2) is 18.2 Å². The van der Waals surface area contributed by atoms with Crippen molar-refractivity contribution in [1.29, 1.82) is 0 Å². The van der Waals surface area contributed by atoms with E-state index in [2.05, 4.69) is 5.32 Å². The minimum absolute atomic E-state index is 0.0564. The smallest absolute Gasteiger partial charge is 0.220 e. The molecule has 5 nitrogen and oxygen atoms in total. The van der Waals surface area contributed by atoms with Crippen LogP contribution in [0.4, 0.5) is 0 Å². The average molecular weight is 293 g/mol. The molecule has 1 heterocycles. The Hall–Kier alpha value is -1.75. The van der Waals surface area contributed by atoms with Crippen molar-refractivity contribution in [2.45, 2.75) is 33.3 Å². The summed E-state index contributed by atoms with van der Waals surface area (Å²) in [5.74, 6) is 1.27. The Morgan fingerprint density at radius 1 is 1.29 bits per heavy atom. The van der Waals surface area contributed by atoms with E-state index < -0.39 is 6.10 Å². The standard InChI is InChI=1S/C16H23NO4/c1-16(2,3)9-15(19)17-10-12(18)11-4-5-13-14(8-11)21-7-6-20-13/h4-5,8,12,18H,6-7,9-10H2,1-3H3,(H,17,19). The molecule has 116 valence electrons. The van der Waals surface area contributed by atoms with Crippen LogP contribution >= 0.6 is 0 Å². The first-order chi connectivity index (χ1) is 9.85. The van der Waals surface area contributed by atoms with E-state index in [9.17, 15) is 9.90 Å². The predicted molar refractivity (Wildman–Crippen MR) is 79.5 cm³/mol. The fourth-order valence-corrected chi connectivity index (χ4v) is 2.14. The molecule has 2 rings (SSSR count). The maximum atomic E-state index is 11.8. The van der Waals surface area contributed by atoms with Crippen molar-refractivity contribution in [1.82, 2.24) is 5.32 Å². The monoisotopic (exact) mass is 293 g/mol. The molecule has 0 saturated carbocycles. The van der Waals surface area contributed by atoms with E-state index >= 15 is 0 Å². The van der Waals surface area contributed by atoms with E-state index in [1.165, 1.54) is 0 Å². The SMILES string of the molecule is CC(C)(C)CC(=O)NCC(O)c1ccc2c(c1)OCCO2. The lowest BCUT2D eigenvalue weighted by Gasteiger charge is -2.21. The number of nitrogens with one attached hydrogen (secondary N) is 1. The highest BCUT2D eigenvalue weighted by Crippen LogP contribution is 2.32. The second-order valence-electron chi connectivity index (χ2n) is 6.46. The first kappa shape index (κ1) is 15.6. The fourth-order valence-electron chi connectivity index (χ4n) is 2.14. The topological polar surface area (TPSA) is 67.8 Å². The number of amides is 1. The summed E-state index contributed by atoms with van der Waals surface area (Å²) >= 11 is 0. The molecule has 1 aromatic rings. The van der Waals surface area contributed by atoms with Gasteiger partial charge in [0.1, 0.15) is 13.2 Å². The summed E-state index contributed by atoms with van der Waals surface area (Å²) in [7, 11) is 0. The Morgan fingerprint density at radius 2 is 1.95 bits per heavy atom. The summed E-state index contributed by atoms with van der Waals surface area (Å²) in [4.78, 5) is 11.8. The molecule has 0 fully saturated rings. The van der Waals surface area contributed by atoms with E-state index in [-0.39, 0.29) is 17.9 Å². The van der Waals surface area contributed by atoms with Gasteiger partial charge < -0.3 is 19.9 Å². The van der Waals surface area contributed by atoms with E-state index in [0.717, 1.165) is 0 Å². The number of rotatable bonds is 4. The molecule has 2 N–H and O–H groups in total. The largest absolute Gasteiger partial charge is 0.486 e. The summed E-state index contributed by atoms with van der Waals surface area (Å²) in [5.41, 5.74) is 0.641. The van der Waals surface area contributed by atoms with E-state index in [1.807, 2.05) is 20.8 Å². The third-order valence-corrected chi connectivity index (χ3v) is 3.13. The van der Waals surface area contributed by atoms with Gasteiger partial charge >= 0.3 is 0 Å². The van der Waals surface area contributed by atoms with Crippen molar-refractivity contribution < 1.29 is 19.4 Å². The Balaban J connectivity index is 1.91. The second-order valence-corrected chi connectivity index (χ2v) is 6.46. The molecule has 1 amide bonds. The van der Waals surface area contributed by atoms with Crippen LogP contribution in [0.25, 0.3) is 0 Å². The normalized spacial score (nSPS) is 15.4. The Kier molecular flexibility index (Phi) is 4.73. The lowest BCUT2D eigenvalue weighted by Crippen LogP contribution is -2.31. The highest BCUT2D eigenvalue weighted by Gasteiger charge is 2.18. The van der Waals surface area contributed by atoms with Gasteiger partial charge in [0.2, 0.25) is 5.91 Å². The molecule has 1 atom stereocenters. The highest BCUT2D eigenvalue weighted by molar-refractivity contribution is 5.76. The molecule has 21 heavy (non-hydrogen) atoms. The van der Waals surface area contributed by atoms with Gasteiger partial charge in [0.15, 0.2) is 11.5 Å². The third kappa shape index (κ3) is 4.63. The molecule has 0 spiro atoms. The number of ether oxygens (including phenoxy) is 2. The Morgan fingerprint density at radius 3 is 2.62 bits per heavy atom. The van der Waals surface area contributed by atoms with Gasteiger partial charge in [0, 0.05) is 13.0 Å². The van der Waals surface area contributed by atoms with Gasteiger partial charge in [-0.15, -0.1) is 0 Å². The van der Waals surface area contributed by atoms with Gasteiger partial charge in [-0.05, 0) is 23.1 Å². The average Bonchev–Trinajstić information content (AvgIpc) is 2.42. The lowest BCUT2D eigenvalue weighted by molar-refractivity contribution is -0.123. The molecule has 0 bridgehead atoms. The maximum Gasteiger partial charge on any atom is 0.220 e. The summed E-state index contributed by atoms with van der Waals surface area (Å²) in [6.45, 7) is 7.25. The molecule has 5 heteroatoms. The number of hydrogen-bond acceptors (Lipinski definition) is 4. The molecular weight excluding hydrogens is 270 g/mol. The quantitative estimate of drug-likeness (QED) is 0.891. The number of benzene rings is 1. The van der Waals surface area contributed by atoms with Crippen molar-refractivity contribution in [3.05, 3.63) is 23.8 Å². The molecule has 0 saturated heterocycles. The van der Waals surface area contributed by atoms with Crippen molar-refractivity contribution in [2.75, 3.05) is 19.8 Å². The summed E-state index contributed by atoms with van der Waals surface area (Å²) < 4.78 is 10.9. The number of hydrogen-bond donors (Lipinski definition) is 2. The van der Waals surface area contributed by atoms with Crippen molar-refractivity contribution in [3.63, 3.8) is 0 Å². The molecular formula is C16H23NO4. The number of aliphatic hydroxyl groups is 1. The van der Waals surface area contributed by atoms with Gasteiger partial charge in [-0.3, -0.25) is 4.79 Å². The minimum atomic E-state index is -0.759. The predicted octanol–water partition coefficient (Wildman–Crippen LogP) is 2.04. The number of fused-ring (bicyclic) bond motifs is 1. The second kappa shape index (κ2) is 6.35. The molecule has 0 aliphatic carbocycles. The minimum Gasteiger partial charge on any atom is -0.486 e. The third-order valence-electron chi connectivity index (χ3n) is 3.13. The van der Waals surface area contributed by atoms with Crippen molar-refractivity contribution in [2.24, 2.45) is 5.41 Å². The van der Waals surface area contributed by atoms with E-state index in [0.29, 0.717) is 36.7 Å². The zero-order chi connectivity index (χ0) is 15.5. The molecule has 0 aromatic heterocycles. The van der Waals surface area contributed by atoms with E-state index in [1.54, 1.807) is 18.2 Å². The lowest BCUT2D eigenvalue weighted by atomic mass is 9.92. The number of carbonyl (C=O) groups is 1. The zero-order valence-corrected chi connectivity index (χ0v) is 12.8. The van der Waals surface area contributed by atoms with Crippen LogP contribution in [-0.2, 0) is 4.79 Å². The summed E-state index contributed by atoms with van der Waals surface area (Å²) in [5, 5.41) is 12.9. The molecule has 1 aliphatic heterocycles. The van der Waals surface area contributed by atoms with Gasteiger partial charge in [0.05, 0.1) is 6.10 Å². The fraction of sp³-hybridized carbons (Fsp3) is 0.562. The number of aliphatic hydroxyl groups excluding tert-OH is 1.